The van der Waals surface area contributed by atoms with E-state index in [0.717, 1.165) is 5.56 Å². The number of amides is 2. The number of rotatable bonds is 6. The number of anilines is 1. The minimum absolute atomic E-state index is 0.138. The van der Waals surface area contributed by atoms with Crippen LogP contribution in [-0.4, -0.2) is 36.6 Å². The first-order valence-corrected chi connectivity index (χ1v) is 6.53. The van der Waals surface area contributed by atoms with E-state index in [9.17, 15) is 9.59 Å². The van der Waals surface area contributed by atoms with Gasteiger partial charge in [0.15, 0.2) is 0 Å². The fourth-order valence-corrected chi connectivity index (χ4v) is 1.62. The maximum atomic E-state index is 12.0. The highest BCUT2D eigenvalue weighted by Gasteiger charge is 2.14. The molecular formula is C15H19N3O3. The first-order valence-electron chi connectivity index (χ1n) is 6.53. The third-order valence-electron chi connectivity index (χ3n) is 2.61. The summed E-state index contributed by atoms with van der Waals surface area (Å²) in [6.45, 7) is 2.26. The molecule has 0 heterocycles. The minimum Gasteiger partial charge on any atom is -0.465 e. The Labute approximate surface area is 124 Å². The second kappa shape index (κ2) is 8.48. The van der Waals surface area contributed by atoms with Crippen molar-refractivity contribution >= 4 is 17.7 Å². The summed E-state index contributed by atoms with van der Waals surface area (Å²) >= 11 is 0. The molecule has 0 fully saturated rings. The zero-order valence-electron chi connectivity index (χ0n) is 12.0. The lowest BCUT2D eigenvalue weighted by Gasteiger charge is -2.20. The Kier molecular flexibility index (Phi) is 6.61. The summed E-state index contributed by atoms with van der Waals surface area (Å²) in [5, 5.41) is 2.48. The lowest BCUT2D eigenvalue weighted by molar-refractivity contribution is -0.141. The summed E-state index contributed by atoms with van der Waals surface area (Å²) in [6.07, 6.45) is 5.27. The molecular weight excluding hydrogens is 270 g/mol. The molecule has 0 aromatic heterocycles. The van der Waals surface area contributed by atoms with Crippen molar-refractivity contribution in [3.63, 3.8) is 0 Å². The van der Waals surface area contributed by atoms with E-state index in [1.165, 1.54) is 4.90 Å². The number of hydrogen-bond acceptors (Lipinski definition) is 4. The maximum absolute atomic E-state index is 12.0. The normalized spacial score (nSPS) is 9.52. The Morgan fingerprint density at radius 1 is 1.38 bits per heavy atom. The molecule has 0 aliphatic heterocycles. The van der Waals surface area contributed by atoms with Gasteiger partial charge in [-0.25, -0.2) is 4.79 Å². The molecule has 0 saturated heterocycles. The van der Waals surface area contributed by atoms with Gasteiger partial charge in [0.2, 0.25) is 0 Å². The van der Waals surface area contributed by atoms with Crippen LogP contribution in [0.5, 0.6) is 0 Å². The molecule has 0 atom stereocenters. The number of ether oxygens (including phenoxy) is 1. The summed E-state index contributed by atoms with van der Waals surface area (Å²) in [7, 11) is 0. The summed E-state index contributed by atoms with van der Waals surface area (Å²) in [5.74, 6) is 1.93. The number of urea groups is 1. The van der Waals surface area contributed by atoms with Crippen LogP contribution in [0.3, 0.4) is 0 Å². The molecule has 0 spiro atoms. The molecule has 21 heavy (non-hydrogen) atoms. The number of benzene rings is 1. The van der Waals surface area contributed by atoms with Gasteiger partial charge in [0.25, 0.3) is 0 Å². The van der Waals surface area contributed by atoms with Crippen molar-refractivity contribution < 1.29 is 14.3 Å². The molecule has 112 valence electrons. The van der Waals surface area contributed by atoms with Crippen molar-refractivity contribution in [1.29, 1.82) is 0 Å². The van der Waals surface area contributed by atoms with Crippen molar-refractivity contribution in [2.75, 3.05) is 25.4 Å². The number of nitrogens with zero attached hydrogens (tertiary/aromatic N) is 1. The SMILES string of the molecule is C#CCN(Cc1ccc(N)cc1)C(=O)NCC(=O)OCC. The number of hydrogen-bond donors (Lipinski definition) is 2. The number of nitrogens with one attached hydrogen (secondary N) is 1. The number of terminal acetylenes is 1. The molecule has 0 aliphatic carbocycles. The fraction of sp³-hybridized carbons (Fsp3) is 0.333. The van der Waals surface area contributed by atoms with Crippen LogP contribution in [0.4, 0.5) is 10.5 Å². The van der Waals surface area contributed by atoms with E-state index in [1.54, 1.807) is 19.1 Å². The van der Waals surface area contributed by atoms with Gasteiger partial charge in [-0.1, -0.05) is 18.1 Å². The van der Waals surface area contributed by atoms with Crippen LogP contribution in [0.1, 0.15) is 12.5 Å². The molecule has 1 aromatic carbocycles. The summed E-state index contributed by atoms with van der Waals surface area (Å²) in [6, 6.07) is 6.72. The number of esters is 1. The molecule has 0 radical (unpaired) electrons. The van der Waals surface area contributed by atoms with Crippen LogP contribution in [0, 0.1) is 12.3 Å². The van der Waals surface area contributed by atoms with E-state index >= 15 is 0 Å². The van der Waals surface area contributed by atoms with E-state index in [2.05, 4.69) is 11.2 Å². The van der Waals surface area contributed by atoms with E-state index in [0.29, 0.717) is 12.2 Å². The van der Waals surface area contributed by atoms with Gasteiger partial charge < -0.3 is 20.7 Å². The average Bonchev–Trinajstić information content (AvgIpc) is 2.47. The van der Waals surface area contributed by atoms with Gasteiger partial charge in [-0.15, -0.1) is 6.42 Å². The van der Waals surface area contributed by atoms with E-state index in [4.69, 9.17) is 16.9 Å². The molecule has 3 N–H and O–H groups in total. The number of nitrogens with two attached hydrogens (primary N) is 1. The topological polar surface area (TPSA) is 84.7 Å². The van der Waals surface area contributed by atoms with E-state index in [-0.39, 0.29) is 19.7 Å². The molecule has 0 unspecified atom stereocenters. The Bertz CT molecular complexity index is 520. The predicted molar refractivity (Wildman–Crippen MR) is 80.1 cm³/mol. The molecule has 0 aliphatic rings. The van der Waals surface area contributed by atoms with Crippen molar-refractivity contribution in [3.8, 4) is 12.3 Å². The van der Waals surface area contributed by atoms with Crippen molar-refractivity contribution in [3.05, 3.63) is 29.8 Å². The van der Waals surface area contributed by atoms with Crippen LogP contribution in [-0.2, 0) is 16.1 Å². The fourth-order valence-electron chi connectivity index (χ4n) is 1.62. The molecule has 0 saturated carbocycles. The standard InChI is InChI=1S/C15H19N3O3/c1-3-9-18(11-12-5-7-13(16)8-6-12)15(20)17-10-14(19)21-4-2/h1,5-8H,4,9-11,16H2,2H3,(H,17,20). The van der Waals surface area contributed by atoms with Crippen LogP contribution < -0.4 is 11.1 Å². The van der Waals surface area contributed by atoms with Gasteiger partial charge in [0.1, 0.15) is 6.54 Å². The van der Waals surface area contributed by atoms with Gasteiger partial charge in [-0.05, 0) is 24.6 Å². The van der Waals surface area contributed by atoms with Crippen molar-refractivity contribution in [1.82, 2.24) is 10.2 Å². The van der Waals surface area contributed by atoms with Gasteiger partial charge in [0, 0.05) is 12.2 Å². The number of nitrogen functional groups attached to an aromatic ring is 1. The van der Waals surface area contributed by atoms with Gasteiger partial charge in [0.05, 0.1) is 13.2 Å². The first kappa shape index (κ1) is 16.4. The molecule has 0 bridgehead atoms. The monoisotopic (exact) mass is 289 g/mol. The van der Waals surface area contributed by atoms with Crippen LogP contribution in [0.2, 0.25) is 0 Å². The first-order chi connectivity index (χ1) is 10.1. The molecule has 6 heteroatoms. The second-order valence-electron chi connectivity index (χ2n) is 4.27. The van der Waals surface area contributed by atoms with Crippen LogP contribution in [0.25, 0.3) is 0 Å². The van der Waals surface area contributed by atoms with Gasteiger partial charge >= 0.3 is 12.0 Å². The van der Waals surface area contributed by atoms with E-state index < -0.39 is 12.0 Å². The molecule has 1 aromatic rings. The Balaban J connectivity index is 2.59. The highest BCUT2D eigenvalue weighted by molar-refractivity contribution is 5.81. The number of carbonyl (C=O) groups is 2. The largest absolute Gasteiger partial charge is 0.465 e. The second-order valence-corrected chi connectivity index (χ2v) is 4.27. The third kappa shape index (κ3) is 5.87. The lowest BCUT2D eigenvalue weighted by Crippen LogP contribution is -2.42. The van der Waals surface area contributed by atoms with Crippen LogP contribution >= 0.6 is 0 Å². The van der Waals surface area contributed by atoms with Gasteiger partial charge in [-0.2, -0.15) is 0 Å². The Morgan fingerprint density at radius 2 is 2.05 bits per heavy atom. The summed E-state index contributed by atoms with van der Waals surface area (Å²) < 4.78 is 4.74. The highest BCUT2D eigenvalue weighted by atomic mass is 16.5. The van der Waals surface area contributed by atoms with Crippen molar-refractivity contribution in [2.45, 2.75) is 13.5 Å². The molecule has 2 amide bonds. The highest BCUT2D eigenvalue weighted by Crippen LogP contribution is 2.08. The van der Waals surface area contributed by atoms with Crippen molar-refractivity contribution in [2.24, 2.45) is 0 Å². The average molecular weight is 289 g/mol. The lowest BCUT2D eigenvalue weighted by atomic mass is 10.2. The zero-order valence-corrected chi connectivity index (χ0v) is 12.0. The van der Waals surface area contributed by atoms with Crippen LogP contribution in [0.15, 0.2) is 24.3 Å². The van der Waals surface area contributed by atoms with Gasteiger partial charge in [-0.3, -0.25) is 4.79 Å². The smallest absolute Gasteiger partial charge is 0.325 e. The third-order valence-corrected chi connectivity index (χ3v) is 2.61. The Hall–Kier alpha value is -2.68. The maximum Gasteiger partial charge on any atom is 0.325 e. The quantitative estimate of drug-likeness (QED) is 0.464. The minimum atomic E-state index is -0.487. The summed E-state index contributed by atoms with van der Waals surface area (Å²) in [4.78, 5) is 24.6. The Morgan fingerprint density at radius 3 is 2.62 bits per heavy atom. The number of carbonyl (C=O) groups excluding carboxylic acids is 2. The molecule has 1 rings (SSSR count). The zero-order chi connectivity index (χ0) is 15.7. The predicted octanol–water partition coefficient (Wildman–Crippen LogP) is 0.977. The summed E-state index contributed by atoms with van der Waals surface area (Å²) in [5.41, 5.74) is 7.15. The molecule has 6 nitrogen and oxygen atoms in total. The van der Waals surface area contributed by atoms with E-state index in [1.807, 2.05) is 12.1 Å².